The van der Waals surface area contributed by atoms with Gasteiger partial charge < -0.3 is 10.1 Å². The lowest BCUT2D eigenvalue weighted by Crippen LogP contribution is -2.39. The molecule has 4 rings (SSSR count). The fourth-order valence-corrected chi connectivity index (χ4v) is 4.00. The molecule has 1 aliphatic heterocycles. The van der Waals surface area contributed by atoms with E-state index < -0.39 is 0 Å². The minimum Gasteiger partial charge on any atom is -0.497 e. The maximum absolute atomic E-state index is 12.6. The van der Waals surface area contributed by atoms with Gasteiger partial charge in [-0.2, -0.15) is 0 Å². The molecular formula is C23H26N4O3. The van der Waals surface area contributed by atoms with E-state index in [1.54, 1.807) is 25.3 Å². The van der Waals surface area contributed by atoms with Crippen LogP contribution in [0.5, 0.6) is 5.75 Å². The molecule has 1 fully saturated rings. The summed E-state index contributed by atoms with van der Waals surface area (Å²) in [7, 11) is 1.65. The van der Waals surface area contributed by atoms with E-state index in [1.165, 1.54) is 10.9 Å². The maximum Gasteiger partial charge on any atom is 0.261 e. The predicted molar refractivity (Wildman–Crippen MR) is 116 cm³/mol. The summed E-state index contributed by atoms with van der Waals surface area (Å²) in [5.74, 6) is 0.595. The minimum atomic E-state index is -0.209. The number of rotatable bonds is 7. The summed E-state index contributed by atoms with van der Waals surface area (Å²) in [6.45, 7) is 2.43. The lowest BCUT2D eigenvalue weighted by Gasteiger charge is -2.28. The van der Waals surface area contributed by atoms with Gasteiger partial charge in [0.05, 0.1) is 30.4 Å². The Balaban J connectivity index is 1.47. The molecule has 7 nitrogen and oxygen atoms in total. The highest BCUT2D eigenvalue weighted by atomic mass is 16.5. The minimum absolute atomic E-state index is 0.0541. The number of aromatic nitrogens is 2. The Morgan fingerprint density at radius 3 is 2.77 bits per heavy atom. The standard InChI is InChI=1S/C23H26N4O3/c1-30-18-8-6-7-17(13-18)21(26-11-4-5-12-26)14-24-22(28)15-27-16-25-20-10-3-2-9-19(20)23(27)29/h2-3,6-10,13,16,21H,4-5,11-12,14-15H2,1H3,(H,24,28)/t21-/m0/s1. The second-order valence-corrected chi connectivity index (χ2v) is 7.53. The second kappa shape index (κ2) is 9.09. The summed E-state index contributed by atoms with van der Waals surface area (Å²) >= 11 is 0. The highest BCUT2D eigenvalue weighted by molar-refractivity contribution is 5.78. The van der Waals surface area contributed by atoms with Gasteiger partial charge in [0.1, 0.15) is 12.3 Å². The summed E-state index contributed by atoms with van der Waals surface area (Å²) in [6.07, 6.45) is 3.75. The molecule has 7 heteroatoms. The van der Waals surface area contributed by atoms with Crippen molar-refractivity contribution in [2.75, 3.05) is 26.7 Å². The molecule has 1 aromatic heterocycles. The summed E-state index contributed by atoms with van der Waals surface area (Å²) in [5, 5.41) is 3.52. The molecule has 1 N–H and O–H groups in total. The molecule has 3 aromatic rings. The maximum atomic E-state index is 12.6. The number of carbonyl (C=O) groups is 1. The van der Waals surface area contributed by atoms with Crippen LogP contribution in [0.4, 0.5) is 0 Å². The van der Waals surface area contributed by atoms with E-state index >= 15 is 0 Å². The zero-order valence-electron chi connectivity index (χ0n) is 17.1. The number of hydrogen-bond donors (Lipinski definition) is 1. The number of amides is 1. The van der Waals surface area contributed by atoms with E-state index in [0.717, 1.165) is 37.2 Å². The first kappa shape index (κ1) is 20.1. The molecule has 0 radical (unpaired) electrons. The monoisotopic (exact) mass is 406 g/mol. The largest absolute Gasteiger partial charge is 0.497 e. The van der Waals surface area contributed by atoms with E-state index in [-0.39, 0.29) is 24.1 Å². The van der Waals surface area contributed by atoms with E-state index in [9.17, 15) is 9.59 Å². The molecule has 0 aliphatic carbocycles. The van der Waals surface area contributed by atoms with Gasteiger partial charge in [0, 0.05) is 6.54 Å². The Morgan fingerprint density at radius 1 is 1.17 bits per heavy atom. The van der Waals surface area contributed by atoms with Crippen LogP contribution in [0, 0.1) is 0 Å². The number of carbonyl (C=O) groups excluding carboxylic acids is 1. The Labute approximate surface area is 175 Å². The van der Waals surface area contributed by atoms with Gasteiger partial charge >= 0.3 is 0 Å². The molecule has 30 heavy (non-hydrogen) atoms. The molecule has 0 saturated carbocycles. The van der Waals surface area contributed by atoms with Gasteiger partial charge in [-0.1, -0.05) is 24.3 Å². The third-order valence-electron chi connectivity index (χ3n) is 5.60. The Hall–Kier alpha value is -3.19. The lowest BCUT2D eigenvalue weighted by atomic mass is 10.0. The van der Waals surface area contributed by atoms with Crippen LogP contribution in [0.15, 0.2) is 59.7 Å². The molecule has 0 bridgehead atoms. The molecule has 1 amide bonds. The van der Waals surface area contributed by atoms with E-state index in [2.05, 4.69) is 21.3 Å². The number of methoxy groups -OCH3 is 1. The molecule has 156 valence electrons. The number of likely N-dealkylation sites (tertiary alicyclic amines) is 1. The van der Waals surface area contributed by atoms with Gasteiger partial charge in [-0.25, -0.2) is 4.98 Å². The number of nitrogens with zero attached hydrogens (tertiary/aromatic N) is 3. The SMILES string of the molecule is COc1cccc([C@H](CNC(=O)Cn2cnc3ccccc3c2=O)N2CCCC2)c1. The molecule has 2 aromatic carbocycles. The molecule has 0 unspecified atom stereocenters. The average Bonchev–Trinajstić information content (AvgIpc) is 3.31. The number of hydrogen-bond acceptors (Lipinski definition) is 5. The Kier molecular flexibility index (Phi) is 6.09. The topological polar surface area (TPSA) is 76.5 Å². The highest BCUT2D eigenvalue weighted by Crippen LogP contribution is 2.27. The third kappa shape index (κ3) is 4.36. The fourth-order valence-electron chi connectivity index (χ4n) is 4.00. The second-order valence-electron chi connectivity index (χ2n) is 7.53. The first-order chi connectivity index (χ1) is 14.7. The number of nitrogens with one attached hydrogen (secondary N) is 1. The van der Waals surface area contributed by atoms with Crippen LogP contribution in [0.2, 0.25) is 0 Å². The van der Waals surface area contributed by atoms with Crippen LogP contribution in [0.25, 0.3) is 10.9 Å². The molecule has 1 aliphatic rings. The van der Waals surface area contributed by atoms with Crippen molar-refractivity contribution in [1.29, 1.82) is 0 Å². The van der Waals surface area contributed by atoms with Gasteiger partial charge in [0.15, 0.2) is 0 Å². The van der Waals surface area contributed by atoms with Crippen molar-refractivity contribution in [2.45, 2.75) is 25.4 Å². The molecular weight excluding hydrogens is 380 g/mol. The van der Waals surface area contributed by atoms with Crippen molar-refractivity contribution in [3.63, 3.8) is 0 Å². The van der Waals surface area contributed by atoms with E-state index in [4.69, 9.17) is 4.74 Å². The van der Waals surface area contributed by atoms with Crippen LogP contribution >= 0.6 is 0 Å². The van der Waals surface area contributed by atoms with Gasteiger partial charge in [-0.05, 0) is 55.8 Å². The number of ether oxygens (including phenoxy) is 1. The first-order valence-corrected chi connectivity index (χ1v) is 10.2. The summed E-state index contributed by atoms with van der Waals surface area (Å²) in [5.41, 5.74) is 1.53. The van der Waals surface area contributed by atoms with Crippen LogP contribution in [-0.2, 0) is 11.3 Å². The average molecular weight is 406 g/mol. The molecule has 0 spiro atoms. The Morgan fingerprint density at radius 2 is 1.97 bits per heavy atom. The number of benzene rings is 2. The predicted octanol–water partition coefficient (Wildman–Crippen LogP) is 2.36. The van der Waals surface area contributed by atoms with Crippen LogP contribution in [-0.4, -0.2) is 47.1 Å². The zero-order valence-corrected chi connectivity index (χ0v) is 17.1. The van der Waals surface area contributed by atoms with E-state index in [0.29, 0.717) is 17.4 Å². The highest BCUT2D eigenvalue weighted by Gasteiger charge is 2.24. The van der Waals surface area contributed by atoms with Crippen LogP contribution in [0.3, 0.4) is 0 Å². The lowest BCUT2D eigenvalue weighted by molar-refractivity contribution is -0.122. The first-order valence-electron chi connectivity index (χ1n) is 10.2. The quantitative estimate of drug-likeness (QED) is 0.652. The van der Waals surface area contributed by atoms with Gasteiger partial charge in [-0.3, -0.25) is 19.1 Å². The van der Waals surface area contributed by atoms with Crippen molar-refractivity contribution in [3.8, 4) is 5.75 Å². The summed E-state index contributed by atoms with van der Waals surface area (Å²) in [6, 6.07) is 15.2. The van der Waals surface area contributed by atoms with E-state index in [1.807, 2.05) is 24.3 Å². The summed E-state index contributed by atoms with van der Waals surface area (Å²) < 4.78 is 6.72. The van der Waals surface area contributed by atoms with Crippen LogP contribution in [0.1, 0.15) is 24.4 Å². The fraction of sp³-hybridized carbons (Fsp3) is 0.348. The third-order valence-corrected chi connectivity index (χ3v) is 5.60. The number of para-hydroxylation sites is 1. The zero-order chi connectivity index (χ0) is 20.9. The van der Waals surface area contributed by atoms with Gasteiger partial charge in [0.25, 0.3) is 5.56 Å². The van der Waals surface area contributed by atoms with Crippen LogP contribution < -0.4 is 15.6 Å². The van der Waals surface area contributed by atoms with Crippen molar-refractivity contribution in [3.05, 3.63) is 70.8 Å². The van der Waals surface area contributed by atoms with Crippen molar-refractivity contribution in [1.82, 2.24) is 19.8 Å². The number of fused-ring (bicyclic) bond motifs is 1. The smallest absolute Gasteiger partial charge is 0.261 e. The van der Waals surface area contributed by atoms with Crippen molar-refractivity contribution < 1.29 is 9.53 Å². The van der Waals surface area contributed by atoms with Gasteiger partial charge in [0.2, 0.25) is 5.91 Å². The van der Waals surface area contributed by atoms with Gasteiger partial charge in [-0.15, -0.1) is 0 Å². The van der Waals surface area contributed by atoms with Crippen molar-refractivity contribution >= 4 is 16.8 Å². The molecule has 1 atom stereocenters. The van der Waals surface area contributed by atoms with Crippen molar-refractivity contribution in [2.24, 2.45) is 0 Å². The normalized spacial score (nSPS) is 15.2. The Bertz CT molecular complexity index is 1090. The summed E-state index contributed by atoms with van der Waals surface area (Å²) in [4.78, 5) is 31.9. The molecule has 1 saturated heterocycles. The molecule has 2 heterocycles.